The van der Waals surface area contributed by atoms with Crippen LogP contribution in [0.5, 0.6) is 5.75 Å². The number of hydrogen-bond donors (Lipinski definition) is 2. The molecule has 2 N–H and O–H groups in total. The Balaban J connectivity index is 0.00000289. The molecular weight excluding hydrogens is 515 g/mol. The van der Waals surface area contributed by atoms with E-state index in [0.29, 0.717) is 11.7 Å². The normalized spacial score (nSPS) is 21.8. The molecule has 7 heteroatoms. The number of guanidine groups is 1. The largest absolute Gasteiger partial charge is 0.506 e. The summed E-state index contributed by atoms with van der Waals surface area (Å²) in [6.07, 6.45) is 2.40. The van der Waals surface area contributed by atoms with E-state index < -0.39 is 0 Å². The summed E-state index contributed by atoms with van der Waals surface area (Å²) in [5.41, 5.74) is 3.45. The van der Waals surface area contributed by atoms with Crippen LogP contribution in [0.3, 0.4) is 0 Å². The molecule has 4 rings (SSSR count). The number of benzene rings is 2. The lowest BCUT2D eigenvalue weighted by Gasteiger charge is -2.39. The molecule has 0 saturated carbocycles. The van der Waals surface area contributed by atoms with Gasteiger partial charge in [0.2, 0.25) is 0 Å². The van der Waals surface area contributed by atoms with Crippen LogP contribution in [0.4, 0.5) is 5.69 Å². The van der Waals surface area contributed by atoms with Gasteiger partial charge in [-0.25, -0.2) is 0 Å². The highest BCUT2D eigenvalue weighted by atomic mass is 127. The number of aryl methyl sites for hydroxylation is 1. The number of phenols is 1. The van der Waals surface area contributed by atoms with Gasteiger partial charge in [0.1, 0.15) is 5.75 Å². The van der Waals surface area contributed by atoms with Crippen LogP contribution in [-0.4, -0.2) is 62.3 Å². The Morgan fingerprint density at radius 1 is 1.09 bits per heavy atom. The first-order valence-electron chi connectivity index (χ1n) is 11.3. The second kappa shape index (κ2) is 11.7. The second-order valence-electron chi connectivity index (χ2n) is 8.50. The van der Waals surface area contributed by atoms with Gasteiger partial charge in [0.25, 0.3) is 0 Å². The number of ether oxygens (including phenoxy) is 1. The van der Waals surface area contributed by atoms with E-state index >= 15 is 0 Å². The van der Waals surface area contributed by atoms with Crippen LogP contribution >= 0.6 is 24.0 Å². The van der Waals surface area contributed by atoms with Crippen molar-refractivity contribution in [3.63, 3.8) is 0 Å². The average molecular weight is 550 g/mol. The molecule has 2 aliphatic rings. The van der Waals surface area contributed by atoms with E-state index in [1.807, 2.05) is 25.2 Å². The lowest BCUT2D eigenvalue weighted by molar-refractivity contribution is -0.0266. The molecule has 2 unspecified atom stereocenters. The Hall–Kier alpha value is -2.00. The molecule has 32 heavy (non-hydrogen) atoms. The molecule has 2 aromatic carbocycles. The van der Waals surface area contributed by atoms with Crippen LogP contribution in [0.15, 0.2) is 53.5 Å². The SMILES string of the molecule is CN=C(NCC1CCCOC1c1ccc(C)cc1)N1CCN(c2ccccc2O)CC1.I. The van der Waals surface area contributed by atoms with Gasteiger partial charge in [-0.05, 0) is 37.5 Å². The highest BCUT2D eigenvalue weighted by Gasteiger charge is 2.28. The molecule has 0 radical (unpaired) electrons. The maximum atomic E-state index is 10.1. The summed E-state index contributed by atoms with van der Waals surface area (Å²) in [4.78, 5) is 9.09. The topological polar surface area (TPSA) is 60.3 Å². The molecule has 0 amide bonds. The van der Waals surface area contributed by atoms with E-state index in [1.54, 1.807) is 6.07 Å². The molecule has 2 fully saturated rings. The van der Waals surface area contributed by atoms with Gasteiger partial charge in [-0.15, -0.1) is 24.0 Å². The third kappa shape index (κ3) is 5.86. The Kier molecular flexibility index (Phi) is 9.04. The van der Waals surface area contributed by atoms with E-state index in [0.717, 1.165) is 63.8 Å². The van der Waals surface area contributed by atoms with Crippen LogP contribution < -0.4 is 10.2 Å². The van der Waals surface area contributed by atoms with Crippen molar-refractivity contribution in [2.45, 2.75) is 25.9 Å². The van der Waals surface area contributed by atoms with Gasteiger partial charge in [-0.3, -0.25) is 4.99 Å². The zero-order chi connectivity index (χ0) is 21.6. The first kappa shape index (κ1) is 24.6. The summed E-state index contributed by atoms with van der Waals surface area (Å²) < 4.78 is 6.18. The predicted octanol–water partition coefficient (Wildman–Crippen LogP) is 4.18. The summed E-state index contributed by atoms with van der Waals surface area (Å²) in [5.74, 6) is 1.72. The minimum Gasteiger partial charge on any atom is -0.506 e. The summed E-state index contributed by atoms with van der Waals surface area (Å²) >= 11 is 0. The van der Waals surface area contributed by atoms with Crippen molar-refractivity contribution < 1.29 is 9.84 Å². The van der Waals surface area contributed by atoms with E-state index in [-0.39, 0.29) is 30.1 Å². The molecule has 2 aromatic rings. The zero-order valence-electron chi connectivity index (χ0n) is 19.0. The summed E-state index contributed by atoms with van der Waals surface area (Å²) in [6, 6.07) is 16.3. The van der Waals surface area contributed by atoms with Crippen molar-refractivity contribution in [1.29, 1.82) is 0 Å². The van der Waals surface area contributed by atoms with Crippen molar-refractivity contribution in [3.05, 3.63) is 59.7 Å². The number of rotatable bonds is 4. The van der Waals surface area contributed by atoms with E-state index in [2.05, 4.69) is 51.3 Å². The molecule has 0 aliphatic carbocycles. The Morgan fingerprint density at radius 3 is 2.50 bits per heavy atom. The monoisotopic (exact) mass is 550 g/mol. The molecule has 0 aromatic heterocycles. The smallest absolute Gasteiger partial charge is 0.193 e. The zero-order valence-corrected chi connectivity index (χ0v) is 21.4. The number of piperazine rings is 1. The predicted molar refractivity (Wildman–Crippen MR) is 141 cm³/mol. The number of nitrogens with one attached hydrogen (secondary N) is 1. The fraction of sp³-hybridized carbons (Fsp3) is 0.480. The first-order valence-corrected chi connectivity index (χ1v) is 11.3. The second-order valence-corrected chi connectivity index (χ2v) is 8.50. The third-order valence-electron chi connectivity index (χ3n) is 6.39. The van der Waals surface area contributed by atoms with Gasteiger partial charge in [-0.1, -0.05) is 42.0 Å². The summed E-state index contributed by atoms with van der Waals surface area (Å²) in [5, 5.41) is 13.8. The van der Waals surface area contributed by atoms with Gasteiger partial charge < -0.3 is 25.0 Å². The minimum absolute atomic E-state index is 0. The summed E-state index contributed by atoms with van der Waals surface area (Å²) in [7, 11) is 1.85. The Morgan fingerprint density at radius 2 is 1.81 bits per heavy atom. The van der Waals surface area contributed by atoms with Gasteiger partial charge in [-0.2, -0.15) is 0 Å². The van der Waals surface area contributed by atoms with Gasteiger partial charge in [0.15, 0.2) is 5.96 Å². The maximum absolute atomic E-state index is 10.1. The van der Waals surface area contributed by atoms with Crippen molar-refractivity contribution in [2.75, 3.05) is 51.3 Å². The lowest BCUT2D eigenvalue weighted by Crippen LogP contribution is -2.53. The first-order chi connectivity index (χ1) is 15.2. The van der Waals surface area contributed by atoms with E-state index in [1.165, 1.54) is 11.1 Å². The standard InChI is InChI=1S/C25H34N4O2.HI/c1-19-9-11-20(12-10-19)24-21(6-5-17-31-24)18-27-25(26-2)29-15-13-28(14-16-29)22-7-3-4-8-23(22)30;/h3-4,7-12,21,24,30H,5-6,13-18H2,1-2H3,(H,26,27);1H. The highest BCUT2D eigenvalue weighted by Crippen LogP contribution is 2.33. The lowest BCUT2D eigenvalue weighted by atomic mass is 9.89. The number of hydrogen-bond acceptors (Lipinski definition) is 4. The van der Waals surface area contributed by atoms with Crippen LogP contribution in [0.25, 0.3) is 0 Å². The minimum atomic E-state index is 0. The Bertz CT molecular complexity index is 882. The Labute approximate surface area is 208 Å². The van der Waals surface area contributed by atoms with Gasteiger partial charge >= 0.3 is 0 Å². The van der Waals surface area contributed by atoms with Crippen LogP contribution in [0, 0.1) is 12.8 Å². The van der Waals surface area contributed by atoms with Crippen LogP contribution in [-0.2, 0) is 4.74 Å². The molecule has 2 saturated heterocycles. The van der Waals surface area contributed by atoms with E-state index in [4.69, 9.17) is 4.74 Å². The van der Waals surface area contributed by atoms with Crippen LogP contribution in [0.1, 0.15) is 30.1 Å². The molecule has 0 spiro atoms. The van der Waals surface area contributed by atoms with Crippen molar-refractivity contribution in [3.8, 4) is 5.75 Å². The fourth-order valence-electron chi connectivity index (χ4n) is 4.62. The molecular formula is C25H35IN4O2. The molecule has 2 atom stereocenters. The number of halogens is 1. The number of anilines is 1. The van der Waals surface area contributed by atoms with Gasteiger partial charge in [0, 0.05) is 52.3 Å². The number of aliphatic imine (C=N–C) groups is 1. The average Bonchev–Trinajstić information content (AvgIpc) is 2.81. The number of phenolic OH excluding ortho intramolecular Hbond substituents is 1. The highest BCUT2D eigenvalue weighted by molar-refractivity contribution is 14.0. The van der Waals surface area contributed by atoms with Crippen LogP contribution in [0.2, 0.25) is 0 Å². The third-order valence-corrected chi connectivity index (χ3v) is 6.39. The number of nitrogens with zero attached hydrogens (tertiary/aromatic N) is 3. The summed E-state index contributed by atoms with van der Waals surface area (Å²) in [6.45, 7) is 7.26. The van der Waals surface area contributed by atoms with Crippen molar-refractivity contribution >= 4 is 35.6 Å². The van der Waals surface area contributed by atoms with E-state index in [9.17, 15) is 5.11 Å². The number of aromatic hydroxyl groups is 1. The number of para-hydroxylation sites is 2. The quantitative estimate of drug-likeness (QED) is 0.340. The fourth-order valence-corrected chi connectivity index (χ4v) is 4.62. The maximum Gasteiger partial charge on any atom is 0.193 e. The van der Waals surface area contributed by atoms with Crippen molar-refractivity contribution in [2.24, 2.45) is 10.9 Å². The molecule has 6 nitrogen and oxygen atoms in total. The molecule has 2 heterocycles. The van der Waals surface area contributed by atoms with Gasteiger partial charge in [0.05, 0.1) is 11.8 Å². The molecule has 174 valence electrons. The molecule has 2 aliphatic heterocycles. The molecule has 0 bridgehead atoms. The van der Waals surface area contributed by atoms with Crippen molar-refractivity contribution in [1.82, 2.24) is 10.2 Å².